The maximum atomic E-state index is 9.09. The summed E-state index contributed by atoms with van der Waals surface area (Å²) in [6, 6.07) is 10.2. The summed E-state index contributed by atoms with van der Waals surface area (Å²) in [6.45, 7) is 2.63. The van der Waals surface area contributed by atoms with Gasteiger partial charge in [0.25, 0.3) is 0 Å². The highest BCUT2D eigenvalue weighted by Crippen LogP contribution is 2.12. The number of aryl methyl sites for hydroxylation is 1. The third-order valence-corrected chi connectivity index (χ3v) is 2.84. The highest BCUT2D eigenvalue weighted by molar-refractivity contribution is 5.33. The highest BCUT2D eigenvalue weighted by atomic mass is 16.3. The maximum absolute atomic E-state index is 9.09. The number of aromatic nitrogens is 2. The molecular weight excluding hydrogens is 226 g/mol. The number of hydrogen-bond acceptors (Lipinski definition) is 4. The van der Waals surface area contributed by atoms with Crippen molar-refractivity contribution in [2.45, 2.75) is 20.1 Å². The molecule has 0 atom stereocenters. The molecule has 0 spiro atoms. The van der Waals surface area contributed by atoms with E-state index in [1.54, 1.807) is 6.20 Å². The molecule has 0 fully saturated rings. The molecule has 0 aliphatic heterocycles. The fourth-order valence-corrected chi connectivity index (χ4v) is 1.75. The Kier molecular flexibility index (Phi) is 3.89. The van der Waals surface area contributed by atoms with E-state index in [4.69, 9.17) is 5.11 Å². The van der Waals surface area contributed by atoms with Gasteiger partial charge in [-0.15, -0.1) is 0 Å². The summed E-state index contributed by atoms with van der Waals surface area (Å²) in [4.78, 5) is 10.6. The van der Waals surface area contributed by atoms with Crippen molar-refractivity contribution in [2.24, 2.45) is 0 Å². The van der Waals surface area contributed by atoms with E-state index in [9.17, 15) is 0 Å². The number of hydrogen-bond donors (Lipinski definition) is 1. The number of aliphatic hydroxyl groups excluding tert-OH is 1. The van der Waals surface area contributed by atoms with Crippen molar-refractivity contribution < 1.29 is 5.11 Å². The van der Waals surface area contributed by atoms with Crippen LogP contribution in [-0.2, 0) is 13.2 Å². The first-order chi connectivity index (χ1) is 8.70. The predicted octanol–water partition coefficient (Wildman–Crippen LogP) is 1.91. The van der Waals surface area contributed by atoms with Crippen LogP contribution in [0.15, 0.2) is 36.5 Å². The zero-order chi connectivity index (χ0) is 13.0. The Morgan fingerprint density at radius 2 is 1.94 bits per heavy atom. The standard InChI is InChI=1S/C14H17N3O/c1-11-13(10-18)8-15-14(16-11)17(2)9-12-6-4-3-5-7-12/h3-8,18H,9-10H2,1-2H3. The molecule has 94 valence electrons. The molecular formula is C14H17N3O. The zero-order valence-corrected chi connectivity index (χ0v) is 10.7. The first-order valence-electron chi connectivity index (χ1n) is 5.89. The van der Waals surface area contributed by atoms with E-state index in [2.05, 4.69) is 22.1 Å². The second kappa shape index (κ2) is 5.60. The van der Waals surface area contributed by atoms with Crippen molar-refractivity contribution >= 4 is 5.95 Å². The molecule has 18 heavy (non-hydrogen) atoms. The number of benzene rings is 1. The predicted molar refractivity (Wildman–Crippen MR) is 71.2 cm³/mol. The summed E-state index contributed by atoms with van der Waals surface area (Å²) in [6.07, 6.45) is 1.68. The van der Waals surface area contributed by atoms with Gasteiger partial charge in [-0.3, -0.25) is 0 Å². The minimum absolute atomic E-state index is 0.0193. The SMILES string of the molecule is Cc1nc(N(C)Cc2ccccc2)ncc1CO. The molecule has 0 radical (unpaired) electrons. The Morgan fingerprint density at radius 1 is 1.22 bits per heavy atom. The Bertz CT molecular complexity index is 514. The van der Waals surface area contributed by atoms with Crippen LogP contribution in [0, 0.1) is 6.92 Å². The van der Waals surface area contributed by atoms with Gasteiger partial charge in [0.05, 0.1) is 6.61 Å². The zero-order valence-electron chi connectivity index (χ0n) is 10.7. The van der Waals surface area contributed by atoms with Crippen LogP contribution in [0.3, 0.4) is 0 Å². The van der Waals surface area contributed by atoms with Gasteiger partial charge in [0.15, 0.2) is 0 Å². The van der Waals surface area contributed by atoms with Gasteiger partial charge in [0, 0.05) is 31.0 Å². The van der Waals surface area contributed by atoms with E-state index in [0.717, 1.165) is 17.8 Å². The van der Waals surface area contributed by atoms with Crippen molar-refractivity contribution in [2.75, 3.05) is 11.9 Å². The van der Waals surface area contributed by atoms with E-state index in [1.807, 2.05) is 37.1 Å². The number of nitrogens with zero attached hydrogens (tertiary/aromatic N) is 3. The minimum Gasteiger partial charge on any atom is -0.392 e. The summed E-state index contributed by atoms with van der Waals surface area (Å²) in [7, 11) is 1.96. The maximum Gasteiger partial charge on any atom is 0.225 e. The van der Waals surface area contributed by atoms with Crippen molar-refractivity contribution in [1.82, 2.24) is 9.97 Å². The normalized spacial score (nSPS) is 10.4. The smallest absolute Gasteiger partial charge is 0.225 e. The lowest BCUT2D eigenvalue weighted by atomic mass is 10.2. The van der Waals surface area contributed by atoms with Crippen LogP contribution in [-0.4, -0.2) is 22.1 Å². The molecule has 0 unspecified atom stereocenters. The highest BCUT2D eigenvalue weighted by Gasteiger charge is 2.07. The average molecular weight is 243 g/mol. The van der Waals surface area contributed by atoms with Crippen LogP contribution < -0.4 is 4.90 Å². The fraction of sp³-hybridized carbons (Fsp3) is 0.286. The Labute approximate surface area is 107 Å². The van der Waals surface area contributed by atoms with Crippen LogP contribution >= 0.6 is 0 Å². The quantitative estimate of drug-likeness (QED) is 0.891. The van der Waals surface area contributed by atoms with Crippen LogP contribution in [0.4, 0.5) is 5.95 Å². The van der Waals surface area contributed by atoms with E-state index in [1.165, 1.54) is 5.56 Å². The molecule has 1 aromatic carbocycles. The van der Waals surface area contributed by atoms with E-state index >= 15 is 0 Å². The van der Waals surface area contributed by atoms with Gasteiger partial charge in [-0.1, -0.05) is 30.3 Å². The Morgan fingerprint density at radius 3 is 2.56 bits per heavy atom. The minimum atomic E-state index is -0.0193. The van der Waals surface area contributed by atoms with Gasteiger partial charge < -0.3 is 10.0 Å². The molecule has 1 aromatic heterocycles. The molecule has 0 aliphatic rings. The summed E-state index contributed by atoms with van der Waals surface area (Å²) in [5.74, 6) is 0.675. The summed E-state index contributed by atoms with van der Waals surface area (Å²) < 4.78 is 0. The van der Waals surface area contributed by atoms with Crippen molar-refractivity contribution in [1.29, 1.82) is 0 Å². The van der Waals surface area contributed by atoms with Crippen LogP contribution in [0.5, 0.6) is 0 Å². The molecule has 0 amide bonds. The van der Waals surface area contributed by atoms with Gasteiger partial charge >= 0.3 is 0 Å². The molecule has 2 rings (SSSR count). The van der Waals surface area contributed by atoms with Gasteiger partial charge in [-0.05, 0) is 12.5 Å². The molecule has 2 aromatic rings. The number of anilines is 1. The van der Waals surface area contributed by atoms with Crippen molar-refractivity contribution in [3.05, 3.63) is 53.3 Å². The van der Waals surface area contributed by atoms with Crippen LogP contribution in [0.1, 0.15) is 16.8 Å². The van der Waals surface area contributed by atoms with E-state index < -0.39 is 0 Å². The molecule has 0 saturated carbocycles. The summed E-state index contributed by atoms with van der Waals surface area (Å²) in [5.41, 5.74) is 2.81. The topological polar surface area (TPSA) is 49.2 Å². The number of aliphatic hydroxyl groups is 1. The van der Waals surface area contributed by atoms with Crippen LogP contribution in [0.2, 0.25) is 0 Å². The monoisotopic (exact) mass is 243 g/mol. The fourth-order valence-electron chi connectivity index (χ4n) is 1.75. The molecule has 4 nitrogen and oxygen atoms in total. The summed E-state index contributed by atoms with van der Waals surface area (Å²) >= 11 is 0. The Hall–Kier alpha value is -1.94. The largest absolute Gasteiger partial charge is 0.392 e. The van der Waals surface area contributed by atoms with Crippen molar-refractivity contribution in [3.63, 3.8) is 0 Å². The van der Waals surface area contributed by atoms with Crippen molar-refractivity contribution in [3.8, 4) is 0 Å². The van der Waals surface area contributed by atoms with Gasteiger partial charge in [0.1, 0.15) is 0 Å². The third kappa shape index (κ3) is 2.84. The molecule has 0 saturated heterocycles. The molecule has 1 N–H and O–H groups in total. The number of rotatable bonds is 4. The summed E-state index contributed by atoms with van der Waals surface area (Å²) in [5, 5.41) is 9.09. The van der Waals surface area contributed by atoms with Gasteiger partial charge in [-0.2, -0.15) is 0 Å². The molecule has 4 heteroatoms. The second-order valence-corrected chi connectivity index (χ2v) is 4.28. The lowest BCUT2D eigenvalue weighted by molar-refractivity contribution is 0.280. The lowest BCUT2D eigenvalue weighted by Gasteiger charge is -2.17. The second-order valence-electron chi connectivity index (χ2n) is 4.28. The average Bonchev–Trinajstić information content (AvgIpc) is 2.39. The first kappa shape index (κ1) is 12.5. The van der Waals surface area contributed by atoms with Crippen LogP contribution in [0.25, 0.3) is 0 Å². The third-order valence-electron chi connectivity index (χ3n) is 2.84. The van der Waals surface area contributed by atoms with E-state index in [0.29, 0.717) is 5.95 Å². The van der Waals surface area contributed by atoms with Gasteiger partial charge in [0.2, 0.25) is 5.95 Å². The Balaban J connectivity index is 2.14. The first-order valence-corrected chi connectivity index (χ1v) is 5.89. The molecule has 0 aliphatic carbocycles. The van der Waals surface area contributed by atoms with E-state index in [-0.39, 0.29) is 6.61 Å². The molecule has 1 heterocycles. The lowest BCUT2D eigenvalue weighted by Crippen LogP contribution is -2.19. The van der Waals surface area contributed by atoms with Gasteiger partial charge in [-0.25, -0.2) is 9.97 Å². The molecule has 0 bridgehead atoms.